The number of hydrogen-bond acceptors (Lipinski definition) is 4. The van der Waals surface area contributed by atoms with Crippen LogP contribution in [0.15, 0.2) is 12.1 Å². The normalized spacial score (nSPS) is 10.1. The molecule has 1 N–H and O–H groups in total. The Hall–Kier alpha value is -1.02. The predicted octanol–water partition coefficient (Wildman–Crippen LogP) is 2.07. The summed E-state index contributed by atoms with van der Waals surface area (Å²) in [6.45, 7) is 3.41. The van der Waals surface area contributed by atoms with Crippen molar-refractivity contribution in [2.24, 2.45) is 0 Å². The highest BCUT2D eigenvalue weighted by Gasteiger charge is 2.14. The molecule has 6 heteroatoms. The molecule has 0 aliphatic heterocycles. The van der Waals surface area contributed by atoms with E-state index in [1.807, 2.05) is 6.92 Å². The number of amides is 1. The van der Waals surface area contributed by atoms with Crippen LogP contribution in [0.25, 0.3) is 0 Å². The Morgan fingerprint density at radius 2 is 2.11 bits per heavy atom. The zero-order chi connectivity index (χ0) is 14.3. The van der Waals surface area contributed by atoms with Gasteiger partial charge in [-0.3, -0.25) is 4.79 Å². The van der Waals surface area contributed by atoms with Crippen molar-refractivity contribution in [3.63, 3.8) is 0 Å². The van der Waals surface area contributed by atoms with Gasteiger partial charge in [0, 0.05) is 19.2 Å². The second kappa shape index (κ2) is 8.21. The fraction of sp³-hybridized carbons (Fsp3) is 0.462. The third-order valence-corrected chi connectivity index (χ3v) is 3.17. The molecule has 1 aromatic rings. The fourth-order valence-corrected chi connectivity index (χ4v) is 2.26. The Kier molecular flexibility index (Phi) is 6.93. The molecule has 0 aromatic heterocycles. The number of ether oxygens (including phenoxy) is 3. The van der Waals surface area contributed by atoms with Crippen molar-refractivity contribution in [2.45, 2.75) is 6.92 Å². The Bertz CT molecular complexity index is 437. The van der Waals surface area contributed by atoms with Crippen LogP contribution < -0.4 is 14.8 Å². The molecule has 0 heterocycles. The van der Waals surface area contributed by atoms with Gasteiger partial charge in [-0.25, -0.2) is 0 Å². The third kappa shape index (κ3) is 4.54. The van der Waals surface area contributed by atoms with E-state index in [1.165, 1.54) is 0 Å². The molecule has 0 radical (unpaired) electrons. The van der Waals surface area contributed by atoms with Crippen LogP contribution >= 0.6 is 22.6 Å². The van der Waals surface area contributed by atoms with Crippen molar-refractivity contribution >= 4 is 28.5 Å². The maximum Gasteiger partial charge on any atom is 0.251 e. The molecule has 0 aliphatic carbocycles. The van der Waals surface area contributed by atoms with Gasteiger partial charge >= 0.3 is 0 Å². The molecule has 1 rings (SSSR count). The summed E-state index contributed by atoms with van der Waals surface area (Å²) in [6.07, 6.45) is 0. The monoisotopic (exact) mass is 379 g/mol. The summed E-state index contributed by atoms with van der Waals surface area (Å²) in [5.41, 5.74) is 0.542. The lowest BCUT2D eigenvalue weighted by Crippen LogP contribution is -2.27. The average Bonchev–Trinajstić information content (AvgIpc) is 2.41. The smallest absolute Gasteiger partial charge is 0.251 e. The van der Waals surface area contributed by atoms with Gasteiger partial charge in [0.25, 0.3) is 5.91 Å². The standard InChI is InChI=1S/C13H18INO4/c1-4-19-12-10(14)7-9(8-11(12)18-3)13(16)15-5-6-17-2/h7-8H,4-6H2,1-3H3,(H,15,16). The van der Waals surface area contributed by atoms with Gasteiger partial charge in [-0.1, -0.05) is 0 Å². The predicted molar refractivity (Wildman–Crippen MR) is 81.1 cm³/mol. The van der Waals surface area contributed by atoms with Crippen LogP contribution in [0.4, 0.5) is 0 Å². The molecule has 0 aliphatic rings. The molecule has 0 atom stereocenters. The summed E-state index contributed by atoms with van der Waals surface area (Å²) in [5, 5.41) is 2.77. The van der Waals surface area contributed by atoms with E-state index in [0.29, 0.717) is 36.8 Å². The van der Waals surface area contributed by atoms with Crippen LogP contribution in [0.3, 0.4) is 0 Å². The first-order valence-corrected chi connectivity index (χ1v) is 6.99. The van der Waals surface area contributed by atoms with E-state index >= 15 is 0 Å². The molecule has 0 saturated carbocycles. The summed E-state index contributed by atoms with van der Waals surface area (Å²) < 4.78 is 16.5. The van der Waals surface area contributed by atoms with Crippen LogP contribution in [-0.4, -0.2) is 39.9 Å². The molecule has 0 spiro atoms. The largest absolute Gasteiger partial charge is 0.493 e. The Morgan fingerprint density at radius 3 is 2.68 bits per heavy atom. The van der Waals surface area contributed by atoms with Crippen molar-refractivity contribution in [1.82, 2.24) is 5.32 Å². The lowest BCUT2D eigenvalue weighted by atomic mass is 10.2. The lowest BCUT2D eigenvalue weighted by Gasteiger charge is -2.13. The Labute approximate surface area is 126 Å². The highest BCUT2D eigenvalue weighted by atomic mass is 127. The molecular formula is C13H18INO4. The number of hydrogen-bond donors (Lipinski definition) is 1. The average molecular weight is 379 g/mol. The minimum Gasteiger partial charge on any atom is -0.493 e. The van der Waals surface area contributed by atoms with Crippen molar-refractivity contribution in [3.05, 3.63) is 21.3 Å². The van der Waals surface area contributed by atoms with Crippen molar-refractivity contribution in [1.29, 1.82) is 0 Å². The van der Waals surface area contributed by atoms with E-state index in [0.717, 1.165) is 3.57 Å². The quantitative estimate of drug-likeness (QED) is 0.582. The molecule has 0 bridgehead atoms. The SMILES string of the molecule is CCOc1c(I)cc(C(=O)NCCOC)cc1OC. The van der Waals surface area contributed by atoms with Gasteiger partial charge < -0.3 is 19.5 Å². The summed E-state index contributed by atoms with van der Waals surface area (Å²) in [6, 6.07) is 3.45. The van der Waals surface area contributed by atoms with Gasteiger partial charge in [-0.2, -0.15) is 0 Å². The maximum atomic E-state index is 11.9. The van der Waals surface area contributed by atoms with E-state index in [-0.39, 0.29) is 5.91 Å². The highest BCUT2D eigenvalue weighted by molar-refractivity contribution is 14.1. The summed E-state index contributed by atoms with van der Waals surface area (Å²) in [4.78, 5) is 11.9. The number of carbonyl (C=O) groups excluding carboxylic acids is 1. The number of nitrogens with one attached hydrogen (secondary N) is 1. The summed E-state index contributed by atoms with van der Waals surface area (Å²) >= 11 is 2.13. The fourth-order valence-electron chi connectivity index (χ4n) is 1.50. The van der Waals surface area contributed by atoms with Gasteiger partial charge in [-0.05, 0) is 41.6 Å². The first kappa shape index (κ1) is 16.0. The summed E-state index contributed by atoms with van der Waals surface area (Å²) in [5.74, 6) is 1.07. The Balaban J connectivity index is 2.91. The highest BCUT2D eigenvalue weighted by Crippen LogP contribution is 2.33. The first-order valence-electron chi connectivity index (χ1n) is 5.91. The van der Waals surface area contributed by atoms with Crippen molar-refractivity contribution in [2.75, 3.05) is 34.0 Å². The Morgan fingerprint density at radius 1 is 1.37 bits per heavy atom. The first-order chi connectivity index (χ1) is 9.13. The number of methoxy groups -OCH3 is 2. The van der Waals surface area contributed by atoms with E-state index in [2.05, 4.69) is 27.9 Å². The van der Waals surface area contributed by atoms with E-state index in [4.69, 9.17) is 14.2 Å². The molecule has 0 fully saturated rings. The molecule has 5 nitrogen and oxygen atoms in total. The van der Waals surface area contributed by atoms with E-state index in [9.17, 15) is 4.79 Å². The van der Waals surface area contributed by atoms with Crippen molar-refractivity contribution in [3.8, 4) is 11.5 Å². The van der Waals surface area contributed by atoms with Crippen molar-refractivity contribution < 1.29 is 19.0 Å². The maximum absolute atomic E-state index is 11.9. The molecule has 19 heavy (non-hydrogen) atoms. The summed E-state index contributed by atoms with van der Waals surface area (Å²) in [7, 11) is 3.15. The zero-order valence-corrected chi connectivity index (χ0v) is 13.4. The molecular weight excluding hydrogens is 361 g/mol. The third-order valence-electron chi connectivity index (χ3n) is 2.37. The van der Waals surface area contributed by atoms with Crippen LogP contribution in [0.2, 0.25) is 0 Å². The van der Waals surface area contributed by atoms with E-state index in [1.54, 1.807) is 26.4 Å². The van der Waals surface area contributed by atoms with Gasteiger partial charge in [0.05, 0.1) is 23.9 Å². The number of carbonyl (C=O) groups is 1. The van der Waals surface area contributed by atoms with Crippen LogP contribution in [0, 0.1) is 3.57 Å². The number of benzene rings is 1. The molecule has 1 amide bonds. The van der Waals surface area contributed by atoms with Gasteiger partial charge in [-0.15, -0.1) is 0 Å². The molecule has 1 aromatic carbocycles. The van der Waals surface area contributed by atoms with Crippen LogP contribution in [-0.2, 0) is 4.74 Å². The molecule has 0 unspecified atom stereocenters. The number of rotatable bonds is 7. The van der Waals surface area contributed by atoms with Gasteiger partial charge in [0.15, 0.2) is 11.5 Å². The second-order valence-electron chi connectivity index (χ2n) is 3.67. The minimum absolute atomic E-state index is 0.156. The zero-order valence-electron chi connectivity index (χ0n) is 11.3. The van der Waals surface area contributed by atoms with Gasteiger partial charge in [0.2, 0.25) is 0 Å². The topological polar surface area (TPSA) is 56.8 Å². The lowest BCUT2D eigenvalue weighted by molar-refractivity contribution is 0.0936. The molecule has 0 saturated heterocycles. The van der Waals surface area contributed by atoms with Crippen LogP contribution in [0.5, 0.6) is 11.5 Å². The second-order valence-corrected chi connectivity index (χ2v) is 4.83. The number of halogens is 1. The van der Waals surface area contributed by atoms with E-state index < -0.39 is 0 Å². The molecule has 106 valence electrons. The van der Waals surface area contributed by atoms with Crippen LogP contribution in [0.1, 0.15) is 17.3 Å². The van der Waals surface area contributed by atoms with Gasteiger partial charge in [0.1, 0.15) is 0 Å². The minimum atomic E-state index is -0.156.